The molecule has 0 spiro atoms. The highest BCUT2D eigenvalue weighted by molar-refractivity contribution is 5.97. The SMILES string of the molecule is Cc1cc(C)c(C)c(C(=O)NCCCC(=O)O)c1C. The first kappa shape index (κ1) is 15.2. The fourth-order valence-corrected chi connectivity index (χ4v) is 2.09. The van der Waals surface area contributed by atoms with E-state index in [1.807, 2.05) is 27.7 Å². The molecule has 1 rings (SSSR count). The highest BCUT2D eigenvalue weighted by Crippen LogP contribution is 2.21. The van der Waals surface area contributed by atoms with Crippen LogP contribution in [0.25, 0.3) is 0 Å². The number of hydrogen-bond donors (Lipinski definition) is 2. The number of nitrogens with one attached hydrogen (secondary N) is 1. The van der Waals surface area contributed by atoms with Crippen LogP contribution < -0.4 is 5.32 Å². The van der Waals surface area contributed by atoms with Crippen molar-refractivity contribution in [1.29, 1.82) is 0 Å². The van der Waals surface area contributed by atoms with E-state index < -0.39 is 5.97 Å². The van der Waals surface area contributed by atoms with Gasteiger partial charge in [-0.2, -0.15) is 0 Å². The maximum absolute atomic E-state index is 12.2. The van der Waals surface area contributed by atoms with E-state index in [2.05, 4.69) is 11.4 Å². The van der Waals surface area contributed by atoms with Gasteiger partial charge in [-0.25, -0.2) is 0 Å². The monoisotopic (exact) mass is 263 g/mol. The Kier molecular flexibility index (Phi) is 5.10. The van der Waals surface area contributed by atoms with Crippen LogP contribution in [0, 0.1) is 27.7 Å². The van der Waals surface area contributed by atoms with Crippen molar-refractivity contribution in [3.05, 3.63) is 33.9 Å². The molecule has 104 valence electrons. The Morgan fingerprint density at radius 1 is 1.11 bits per heavy atom. The molecule has 0 saturated heterocycles. The van der Waals surface area contributed by atoms with Crippen LogP contribution in [0.15, 0.2) is 6.07 Å². The molecule has 0 radical (unpaired) electrons. The molecule has 1 aromatic rings. The summed E-state index contributed by atoms with van der Waals surface area (Å²) in [6.45, 7) is 8.24. The molecule has 0 heterocycles. The molecular formula is C15H21NO3. The Bertz CT molecular complexity index is 480. The van der Waals surface area contributed by atoms with Crippen LogP contribution in [0.1, 0.15) is 45.5 Å². The Balaban J connectivity index is 2.80. The molecule has 0 saturated carbocycles. The first-order valence-corrected chi connectivity index (χ1v) is 6.42. The minimum Gasteiger partial charge on any atom is -0.481 e. The summed E-state index contributed by atoms with van der Waals surface area (Å²) in [6, 6.07) is 2.08. The highest BCUT2D eigenvalue weighted by Gasteiger charge is 2.15. The summed E-state index contributed by atoms with van der Waals surface area (Å²) >= 11 is 0. The van der Waals surface area contributed by atoms with Crippen LogP contribution in [-0.2, 0) is 4.79 Å². The average molecular weight is 263 g/mol. The lowest BCUT2D eigenvalue weighted by Gasteiger charge is -2.15. The number of benzene rings is 1. The third-order valence-electron chi connectivity index (χ3n) is 3.45. The summed E-state index contributed by atoms with van der Waals surface area (Å²) in [6.07, 6.45) is 0.523. The second-order valence-corrected chi connectivity index (χ2v) is 4.89. The number of aliphatic carboxylic acids is 1. The lowest BCUT2D eigenvalue weighted by Crippen LogP contribution is -2.27. The van der Waals surface area contributed by atoms with E-state index in [0.29, 0.717) is 18.5 Å². The predicted octanol–water partition coefficient (Wildman–Crippen LogP) is 2.51. The molecule has 0 aromatic heterocycles. The molecule has 19 heavy (non-hydrogen) atoms. The maximum Gasteiger partial charge on any atom is 0.303 e. The van der Waals surface area contributed by atoms with E-state index in [4.69, 9.17) is 5.11 Å². The topological polar surface area (TPSA) is 66.4 Å². The molecule has 0 aliphatic heterocycles. The smallest absolute Gasteiger partial charge is 0.303 e. The zero-order chi connectivity index (χ0) is 14.6. The van der Waals surface area contributed by atoms with Gasteiger partial charge in [0.2, 0.25) is 0 Å². The quantitative estimate of drug-likeness (QED) is 0.802. The van der Waals surface area contributed by atoms with E-state index >= 15 is 0 Å². The highest BCUT2D eigenvalue weighted by atomic mass is 16.4. The molecule has 0 atom stereocenters. The molecule has 4 heteroatoms. The van der Waals surface area contributed by atoms with E-state index in [-0.39, 0.29) is 12.3 Å². The van der Waals surface area contributed by atoms with Gasteiger partial charge < -0.3 is 10.4 Å². The van der Waals surface area contributed by atoms with Gasteiger partial charge in [-0.1, -0.05) is 6.07 Å². The van der Waals surface area contributed by atoms with Crippen LogP contribution >= 0.6 is 0 Å². The van der Waals surface area contributed by atoms with Crippen molar-refractivity contribution < 1.29 is 14.7 Å². The van der Waals surface area contributed by atoms with Gasteiger partial charge in [0.25, 0.3) is 5.91 Å². The molecule has 0 fully saturated rings. The van der Waals surface area contributed by atoms with E-state index in [1.165, 1.54) is 0 Å². The Labute approximate surface area is 113 Å². The summed E-state index contributed by atoms with van der Waals surface area (Å²) in [5.41, 5.74) is 4.88. The Morgan fingerprint density at radius 3 is 2.11 bits per heavy atom. The average Bonchev–Trinajstić information content (AvgIpc) is 2.32. The van der Waals surface area contributed by atoms with Crippen molar-refractivity contribution in [2.24, 2.45) is 0 Å². The first-order valence-electron chi connectivity index (χ1n) is 6.42. The van der Waals surface area contributed by atoms with E-state index in [0.717, 1.165) is 22.3 Å². The van der Waals surface area contributed by atoms with Gasteiger partial charge in [-0.3, -0.25) is 9.59 Å². The van der Waals surface area contributed by atoms with Crippen LogP contribution in [0.2, 0.25) is 0 Å². The number of rotatable bonds is 5. The normalized spacial score (nSPS) is 10.3. The molecule has 2 N–H and O–H groups in total. The van der Waals surface area contributed by atoms with Gasteiger partial charge in [0.1, 0.15) is 0 Å². The number of carboxylic acid groups (broad SMARTS) is 1. The summed E-state index contributed by atoms with van der Waals surface area (Å²) < 4.78 is 0. The zero-order valence-electron chi connectivity index (χ0n) is 12.0. The lowest BCUT2D eigenvalue weighted by molar-refractivity contribution is -0.137. The lowest BCUT2D eigenvalue weighted by atomic mass is 9.94. The molecule has 1 amide bonds. The van der Waals surface area contributed by atoms with Gasteiger partial charge in [-0.15, -0.1) is 0 Å². The first-order chi connectivity index (χ1) is 8.84. The fraction of sp³-hybridized carbons (Fsp3) is 0.467. The van der Waals surface area contributed by atoms with Crippen LogP contribution in [0.3, 0.4) is 0 Å². The van der Waals surface area contributed by atoms with Gasteiger partial charge in [0.15, 0.2) is 0 Å². The predicted molar refractivity (Wildman–Crippen MR) is 74.6 cm³/mol. The minimum atomic E-state index is -0.840. The van der Waals surface area contributed by atoms with Crippen molar-refractivity contribution in [1.82, 2.24) is 5.32 Å². The number of carbonyl (C=O) groups is 2. The molecule has 0 aliphatic rings. The van der Waals surface area contributed by atoms with Crippen molar-refractivity contribution in [2.45, 2.75) is 40.5 Å². The minimum absolute atomic E-state index is 0.0745. The van der Waals surface area contributed by atoms with Crippen molar-refractivity contribution in [3.8, 4) is 0 Å². The summed E-state index contributed by atoms with van der Waals surface area (Å²) in [4.78, 5) is 22.6. The summed E-state index contributed by atoms with van der Waals surface area (Å²) in [5.74, 6) is -0.958. The number of amides is 1. The largest absolute Gasteiger partial charge is 0.481 e. The molecule has 0 bridgehead atoms. The van der Waals surface area contributed by atoms with Gasteiger partial charge >= 0.3 is 5.97 Å². The van der Waals surface area contributed by atoms with Gasteiger partial charge in [-0.05, 0) is 56.4 Å². The summed E-state index contributed by atoms with van der Waals surface area (Å²) in [7, 11) is 0. The van der Waals surface area contributed by atoms with Crippen LogP contribution in [0.4, 0.5) is 0 Å². The van der Waals surface area contributed by atoms with Crippen molar-refractivity contribution in [3.63, 3.8) is 0 Å². The van der Waals surface area contributed by atoms with Crippen molar-refractivity contribution in [2.75, 3.05) is 6.54 Å². The Hall–Kier alpha value is -1.84. The zero-order valence-corrected chi connectivity index (χ0v) is 12.0. The summed E-state index contributed by atoms with van der Waals surface area (Å²) in [5, 5.41) is 11.3. The second kappa shape index (κ2) is 6.36. The van der Waals surface area contributed by atoms with Gasteiger partial charge in [0, 0.05) is 18.5 Å². The molecule has 0 aliphatic carbocycles. The molecule has 1 aromatic carbocycles. The van der Waals surface area contributed by atoms with E-state index in [1.54, 1.807) is 0 Å². The fourth-order valence-electron chi connectivity index (χ4n) is 2.09. The number of carbonyl (C=O) groups excluding carboxylic acids is 1. The number of aryl methyl sites for hydroxylation is 2. The second-order valence-electron chi connectivity index (χ2n) is 4.89. The van der Waals surface area contributed by atoms with Gasteiger partial charge in [0.05, 0.1) is 0 Å². The van der Waals surface area contributed by atoms with Crippen LogP contribution in [-0.4, -0.2) is 23.5 Å². The Morgan fingerprint density at radius 2 is 1.63 bits per heavy atom. The maximum atomic E-state index is 12.2. The molecular weight excluding hydrogens is 242 g/mol. The standard InChI is InChI=1S/C15H21NO3/c1-9-8-10(2)12(4)14(11(9)3)15(19)16-7-5-6-13(17)18/h8H,5-7H2,1-4H3,(H,16,19)(H,17,18). The van der Waals surface area contributed by atoms with Crippen molar-refractivity contribution >= 4 is 11.9 Å². The molecule has 4 nitrogen and oxygen atoms in total. The molecule has 0 unspecified atom stereocenters. The number of hydrogen-bond acceptors (Lipinski definition) is 2. The number of carboxylic acids is 1. The van der Waals surface area contributed by atoms with E-state index in [9.17, 15) is 9.59 Å². The third kappa shape index (κ3) is 3.81. The third-order valence-corrected chi connectivity index (χ3v) is 3.45. The van der Waals surface area contributed by atoms with Crippen LogP contribution in [0.5, 0.6) is 0 Å².